The summed E-state index contributed by atoms with van der Waals surface area (Å²) in [6, 6.07) is 7.97. The van der Waals surface area contributed by atoms with Crippen LogP contribution in [0.5, 0.6) is 0 Å². The van der Waals surface area contributed by atoms with Gasteiger partial charge in [0.2, 0.25) is 5.91 Å². The monoisotopic (exact) mass is 389 g/mol. The zero-order valence-corrected chi connectivity index (χ0v) is 16.5. The van der Waals surface area contributed by atoms with Crippen LogP contribution < -0.4 is 10.6 Å². The summed E-state index contributed by atoms with van der Waals surface area (Å²) in [6.45, 7) is 6.04. The largest absolute Gasteiger partial charge is 0.455 e. The number of hydrogen-bond donors (Lipinski definition) is 2. The second kappa shape index (κ2) is 9.34. The number of nitrogens with one attached hydrogen (secondary N) is 2. The third-order valence-corrected chi connectivity index (χ3v) is 4.39. The van der Waals surface area contributed by atoms with Crippen LogP contribution >= 0.6 is 0 Å². The Balaban J connectivity index is 1.70. The highest BCUT2D eigenvalue weighted by molar-refractivity contribution is 6.01. The van der Waals surface area contributed by atoms with Crippen molar-refractivity contribution in [3.8, 4) is 0 Å². The predicted octanol–water partition coefficient (Wildman–Crippen LogP) is 2.16. The lowest BCUT2D eigenvalue weighted by Crippen LogP contribution is -2.45. The molecule has 4 amide bonds. The molecule has 1 aromatic rings. The van der Waals surface area contributed by atoms with Crippen LogP contribution in [0.2, 0.25) is 0 Å². The first-order chi connectivity index (χ1) is 13.2. The molecule has 1 heterocycles. The second-order valence-electron chi connectivity index (χ2n) is 7.79. The van der Waals surface area contributed by atoms with Crippen molar-refractivity contribution >= 4 is 29.5 Å². The summed E-state index contributed by atoms with van der Waals surface area (Å²) in [5.41, 5.74) is 0.0903. The number of benzene rings is 1. The SMILES string of the molecule is CC(C)(C)C(=O)N1CCC(C(=O)OCC(=O)NC(=O)Nc2ccccc2)CC1. The minimum absolute atomic E-state index is 0.0584. The molecular formula is C20H27N3O5. The van der Waals surface area contributed by atoms with E-state index in [9.17, 15) is 19.2 Å². The van der Waals surface area contributed by atoms with E-state index in [1.165, 1.54) is 0 Å². The number of para-hydroxylation sites is 1. The lowest BCUT2D eigenvalue weighted by atomic mass is 9.91. The Bertz CT molecular complexity index is 719. The van der Waals surface area contributed by atoms with Crippen LogP contribution in [0.1, 0.15) is 33.6 Å². The van der Waals surface area contributed by atoms with E-state index in [1.54, 1.807) is 35.2 Å². The van der Waals surface area contributed by atoms with E-state index in [1.807, 2.05) is 20.8 Å². The molecule has 1 fully saturated rings. The van der Waals surface area contributed by atoms with Crippen LogP contribution in [0.15, 0.2) is 30.3 Å². The number of amides is 4. The summed E-state index contributed by atoms with van der Waals surface area (Å²) < 4.78 is 5.02. The summed E-state index contributed by atoms with van der Waals surface area (Å²) in [6.07, 6.45) is 0.994. The minimum atomic E-state index is -0.706. The molecule has 28 heavy (non-hydrogen) atoms. The van der Waals surface area contributed by atoms with Gasteiger partial charge >= 0.3 is 12.0 Å². The molecule has 1 aromatic carbocycles. The maximum absolute atomic E-state index is 12.3. The Morgan fingerprint density at radius 2 is 1.68 bits per heavy atom. The first-order valence-electron chi connectivity index (χ1n) is 9.28. The summed E-state index contributed by atoms with van der Waals surface area (Å²) in [5.74, 6) is -1.48. The predicted molar refractivity (Wildman–Crippen MR) is 103 cm³/mol. The van der Waals surface area contributed by atoms with Crippen molar-refractivity contribution in [3.05, 3.63) is 30.3 Å². The summed E-state index contributed by atoms with van der Waals surface area (Å²) in [4.78, 5) is 49.7. The molecular weight excluding hydrogens is 362 g/mol. The number of imide groups is 1. The quantitative estimate of drug-likeness (QED) is 0.768. The van der Waals surface area contributed by atoms with Gasteiger partial charge in [0.15, 0.2) is 6.61 Å². The van der Waals surface area contributed by atoms with Gasteiger partial charge in [-0.2, -0.15) is 0 Å². The van der Waals surface area contributed by atoms with Gasteiger partial charge < -0.3 is 15.0 Å². The van der Waals surface area contributed by atoms with E-state index in [0.29, 0.717) is 31.6 Å². The van der Waals surface area contributed by atoms with Crippen molar-refractivity contribution in [2.75, 3.05) is 25.0 Å². The van der Waals surface area contributed by atoms with Crippen molar-refractivity contribution in [1.29, 1.82) is 0 Å². The van der Waals surface area contributed by atoms with E-state index in [2.05, 4.69) is 10.6 Å². The lowest BCUT2D eigenvalue weighted by molar-refractivity contribution is -0.155. The fourth-order valence-electron chi connectivity index (χ4n) is 2.89. The van der Waals surface area contributed by atoms with Crippen LogP contribution in [-0.2, 0) is 19.1 Å². The summed E-state index contributed by atoms with van der Waals surface area (Å²) in [5, 5.41) is 4.61. The molecule has 0 bridgehead atoms. The molecule has 0 aromatic heterocycles. The number of piperidine rings is 1. The third kappa shape index (κ3) is 6.37. The molecule has 8 nitrogen and oxygen atoms in total. The Hall–Kier alpha value is -2.90. The Morgan fingerprint density at radius 1 is 1.07 bits per heavy atom. The number of esters is 1. The molecule has 2 N–H and O–H groups in total. The van der Waals surface area contributed by atoms with Crippen LogP contribution in [0.4, 0.5) is 10.5 Å². The van der Waals surface area contributed by atoms with Gasteiger partial charge in [0.05, 0.1) is 5.92 Å². The first kappa shape index (κ1) is 21.4. The van der Waals surface area contributed by atoms with Crippen LogP contribution in [0, 0.1) is 11.3 Å². The summed E-state index contributed by atoms with van der Waals surface area (Å²) in [7, 11) is 0. The molecule has 1 aliphatic rings. The van der Waals surface area contributed by atoms with Gasteiger partial charge in [-0.3, -0.25) is 19.7 Å². The number of ether oxygens (including phenoxy) is 1. The van der Waals surface area contributed by atoms with Crippen LogP contribution in [-0.4, -0.2) is 48.4 Å². The van der Waals surface area contributed by atoms with E-state index in [4.69, 9.17) is 4.74 Å². The molecule has 0 aliphatic carbocycles. The van der Waals surface area contributed by atoms with Crippen molar-refractivity contribution in [2.45, 2.75) is 33.6 Å². The number of urea groups is 1. The Kier molecular flexibility index (Phi) is 7.14. The van der Waals surface area contributed by atoms with Gasteiger partial charge in [0, 0.05) is 24.2 Å². The average Bonchev–Trinajstić information content (AvgIpc) is 2.65. The molecule has 1 saturated heterocycles. The number of rotatable bonds is 4. The van der Waals surface area contributed by atoms with E-state index < -0.39 is 29.9 Å². The zero-order valence-electron chi connectivity index (χ0n) is 16.5. The van der Waals surface area contributed by atoms with E-state index in [-0.39, 0.29) is 11.8 Å². The average molecular weight is 389 g/mol. The number of carbonyl (C=O) groups excluding carboxylic acids is 4. The molecule has 0 unspecified atom stereocenters. The molecule has 0 saturated carbocycles. The standard InChI is InChI=1S/C20H27N3O5/c1-20(2,3)18(26)23-11-9-14(10-12-23)17(25)28-13-16(24)22-19(27)21-15-7-5-4-6-8-15/h4-8,14H,9-13H2,1-3H3,(H2,21,22,24,27). The van der Waals surface area contributed by atoms with Gasteiger partial charge in [-0.25, -0.2) is 4.79 Å². The smallest absolute Gasteiger partial charge is 0.325 e. The number of carbonyl (C=O) groups is 4. The van der Waals surface area contributed by atoms with Crippen molar-refractivity contribution in [2.24, 2.45) is 11.3 Å². The second-order valence-corrected chi connectivity index (χ2v) is 7.79. The Labute approximate surface area is 164 Å². The highest BCUT2D eigenvalue weighted by atomic mass is 16.5. The molecule has 1 aliphatic heterocycles. The minimum Gasteiger partial charge on any atom is -0.455 e. The van der Waals surface area contributed by atoms with Crippen molar-refractivity contribution < 1.29 is 23.9 Å². The van der Waals surface area contributed by atoms with Gasteiger partial charge in [-0.05, 0) is 25.0 Å². The highest BCUT2D eigenvalue weighted by Crippen LogP contribution is 2.24. The number of anilines is 1. The maximum Gasteiger partial charge on any atom is 0.325 e. The lowest BCUT2D eigenvalue weighted by Gasteiger charge is -2.34. The van der Waals surface area contributed by atoms with E-state index >= 15 is 0 Å². The Morgan fingerprint density at radius 3 is 2.25 bits per heavy atom. The van der Waals surface area contributed by atoms with Crippen LogP contribution in [0.3, 0.4) is 0 Å². The van der Waals surface area contributed by atoms with Crippen molar-refractivity contribution in [1.82, 2.24) is 10.2 Å². The van der Waals surface area contributed by atoms with Gasteiger partial charge in [0.1, 0.15) is 0 Å². The summed E-state index contributed by atoms with van der Waals surface area (Å²) >= 11 is 0. The fraction of sp³-hybridized carbons (Fsp3) is 0.500. The van der Waals surface area contributed by atoms with Crippen LogP contribution in [0.25, 0.3) is 0 Å². The number of hydrogen-bond acceptors (Lipinski definition) is 5. The van der Waals surface area contributed by atoms with E-state index in [0.717, 1.165) is 0 Å². The topological polar surface area (TPSA) is 105 Å². The zero-order chi connectivity index (χ0) is 20.7. The van der Waals surface area contributed by atoms with Gasteiger partial charge in [-0.15, -0.1) is 0 Å². The first-order valence-corrected chi connectivity index (χ1v) is 9.28. The molecule has 8 heteroatoms. The van der Waals surface area contributed by atoms with Gasteiger partial charge in [-0.1, -0.05) is 39.0 Å². The molecule has 0 spiro atoms. The number of likely N-dealkylation sites (tertiary alicyclic amines) is 1. The molecule has 152 valence electrons. The maximum atomic E-state index is 12.3. The number of nitrogens with zero attached hydrogens (tertiary/aromatic N) is 1. The molecule has 0 atom stereocenters. The van der Waals surface area contributed by atoms with Gasteiger partial charge in [0.25, 0.3) is 5.91 Å². The highest BCUT2D eigenvalue weighted by Gasteiger charge is 2.33. The third-order valence-electron chi connectivity index (χ3n) is 4.39. The van der Waals surface area contributed by atoms with Crippen molar-refractivity contribution in [3.63, 3.8) is 0 Å². The fourth-order valence-corrected chi connectivity index (χ4v) is 2.89. The normalized spacial score (nSPS) is 14.9. The molecule has 0 radical (unpaired) electrons. The molecule has 2 rings (SSSR count).